The lowest BCUT2D eigenvalue weighted by molar-refractivity contribution is 0.174. The second kappa shape index (κ2) is 5.27. The van der Waals surface area contributed by atoms with E-state index in [9.17, 15) is 0 Å². The number of nitrogens with zero attached hydrogens (tertiary/aromatic N) is 3. The number of ether oxygens (including phenoxy) is 2. The van der Waals surface area contributed by atoms with Crippen LogP contribution in [0, 0.1) is 0 Å². The Morgan fingerprint density at radius 1 is 1.17 bits per heavy atom. The summed E-state index contributed by atoms with van der Waals surface area (Å²) in [6, 6.07) is 8.32. The number of aromatic amines is 1. The molecule has 0 aliphatic carbocycles. The zero-order valence-corrected chi connectivity index (χ0v) is 13.6. The number of nitrogens with one attached hydrogen (secondary N) is 1. The Balaban J connectivity index is 1.57. The van der Waals surface area contributed by atoms with E-state index in [2.05, 4.69) is 32.0 Å². The maximum Gasteiger partial charge on any atom is 0.231 e. The zero-order chi connectivity index (χ0) is 16.1. The molecular formula is C17H15ClN4O2. The number of hydrogen-bond acceptors (Lipinski definition) is 5. The summed E-state index contributed by atoms with van der Waals surface area (Å²) >= 11 is 6.11. The average molecular weight is 343 g/mol. The van der Waals surface area contributed by atoms with Crippen molar-refractivity contribution < 1.29 is 9.47 Å². The molecule has 4 heterocycles. The van der Waals surface area contributed by atoms with Gasteiger partial charge in [-0.25, -0.2) is 9.97 Å². The Hall–Kier alpha value is -2.47. The van der Waals surface area contributed by atoms with Crippen LogP contribution in [0.25, 0.3) is 11.0 Å². The van der Waals surface area contributed by atoms with Gasteiger partial charge >= 0.3 is 0 Å². The first-order valence-corrected chi connectivity index (χ1v) is 8.33. The maximum absolute atomic E-state index is 6.11. The fraction of sp³-hybridized carbons (Fsp3) is 0.294. The summed E-state index contributed by atoms with van der Waals surface area (Å²) in [5, 5.41) is 1.53. The quantitative estimate of drug-likeness (QED) is 0.769. The van der Waals surface area contributed by atoms with Crippen LogP contribution in [0.4, 0.5) is 5.82 Å². The first-order chi connectivity index (χ1) is 11.8. The smallest absolute Gasteiger partial charge is 0.231 e. The van der Waals surface area contributed by atoms with E-state index in [1.54, 1.807) is 6.33 Å². The van der Waals surface area contributed by atoms with E-state index in [-0.39, 0.29) is 6.04 Å². The van der Waals surface area contributed by atoms with E-state index >= 15 is 0 Å². The van der Waals surface area contributed by atoms with Crippen molar-refractivity contribution in [2.45, 2.75) is 18.9 Å². The molecule has 6 nitrogen and oxygen atoms in total. The summed E-state index contributed by atoms with van der Waals surface area (Å²) in [5.74, 6) is 2.55. The first-order valence-electron chi connectivity index (χ1n) is 7.95. The predicted octanol–water partition coefficient (Wildman–Crippen LogP) is 3.68. The van der Waals surface area contributed by atoms with Crippen LogP contribution in [0.3, 0.4) is 0 Å². The number of hydrogen-bond donors (Lipinski definition) is 1. The van der Waals surface area contributed by atoms with Crippen LogP contribution in [0.5, 0.6) is 11.5 Å². The van der Waals surface area contributed by atoms with E-state index in [0.717, 1.165) is 47.7 Å². The van der Waals surface area contributed by atoms with E-state index in [4.69, 9.17) is 21.1 Å². The highest BCUT2D eigenvalue weighted by molar-refractivity contribution is 6.30. The molecule has 1 saturated heterocycles. The van der Waals surface area contributed by atoms with Crippen molar-refractivity contribution in [3.8, 4) is 11.5 Å². The highest BCUT2D eigenvalue weighted by Gasteiger charge is 2.30. The van der Waals surface area contributed by atoms with Gasteiger partial charge in [0, 0.05) is 6.54 Å². The maximum atomic E-state index is 6.11. The van der Waals surface area contributed by atoms with Gasteiger partial charge in [0.25, 0.3) is 0 Å². The molecule has 2 aliphatic heterocycles. The lowest BCUT2D eigenvalue weighted by Crippen LogP contribution is -2.23. The molecule has 3 aromatic rings. The summed E-state index contributed by atoms with van der Waals surface area (Å²) in [5.41, 5.74) is 1.98. The molecule has 0 unspecified atom stereocenters. The molecule has 122 valence electrons. The fourth-order valence-electron chi connectivity index (χ4n) is 3.61. The van der Waals surface area contributed by atoms with E-state index in [0.29, 0.717) is 11.9 Å². The van der Waals surface area contributed by atoms with Gasteiger partial charge in [0.15, 0.2) is 11.5 Å². The van der Waals surface area contributed by atoms with Crippen molar-refractivity contribution in [1.29, 1.82) is 0 Å². The first kappa shape index (κ1) is 13.9. The lowest BCUT2D eigenvalue weighted by atomic mass is 10.0. The Morgan fingerprint density at radius 2 is 2.08 bits per heavy atom. The van der Waals surface area contributed by atoms with Gasteiger partial charge in [0.2, 0.25) is 6.79 Å². The Labute approximate surface area is 143 Å². The minimum absolute atomic E-state index is 0.256. The number of halogens is 1. The van der Waals surface area contributed by atoms with Crippen LogP contribution in [0.2, 0.25) is 5.15 Å². The van der Waals surface area contributed by atoms with Gasteiger partial charge in [0.05, 0.1) is 11.4 Å². The van der Waals surface area contributed by atoms with Gasteiger partial charge in [-0.2, -0.15) is 0 Å². The summed E-state index contributed by atoms with van der Waals surface area (Å²) in [6.07, 6.45) is 3.77. The molecule has 7 heteroatoms. The van der Waals surface area contributed by atoms with Crippen LogP contribution in [0.15, 0.2) is 30.6 Å². The molecule has 0 amide bonds. The molecular weight excluding hydrogens is 328 g/mol. The Kier molecular flexibility index (Phi) is 3.06. The summed E-state index contributed by atoms with van der Waals surface area (Å²) in [4.78, 5) is 14.2. The Morgan fingerprint density at radius 3 is 3.04 bits per heavy atom. The molecule has 1 fully saturated rings. The summed E-state index contributed by atoms with van der Waals surface area (Å²) < 4.78 is 10.9. The summed E-state index contributed by atoms with van der Waals surface area (Å²) in [7, 11) is 0. The highest BCUT2D eigenvalue weighted by Crippen LogP contribution is 2.41. The molecule has 1 atom stereocenters. The Bertz CT molecular complexity index is 926. The molecule has 24 heavy (non-hydrogen) atoms. The predicted molar refractivity (Wildman–Crippen MR) is 90.8 cm³/mol. The third kappa shape index (κ3) is 2.10. The standard InChI is InChI=1S/C17H15ClN4O2/c18-15-7-11-16(21-15)19-8-20-17(11)22-5-1-2-12(22)10-3-4-13-14(6-10)24-9-23-13/h3-4,6-8,12H,1-2,5,9H2,(H,19,20,21)/t12-/m1/s1. The van der Waals surface area contributed by atoms with Crippen molar-refractivity contribution in [2.75, 3.05) is 18.2 Å². The minimum Gasteiger partial charge on any atom is -0.454 e. The fourth-order valence-corrected chi connectivity index (χ4v) is 3.81. The molecule has 1 aromatic carbocycles. The van der Waals surface area contributed by atoms with Gasteiger partial charge in [-0.05, 0) is 36.6 Å². The van der Waals surface area contributed by atoms with Gasteiger partial charge in [0.1, 0.15) is 22.9 Å². The molecule has 1 N–H and O–H groups in total. The summed E-state index contributed by atoms with van der Waals surface area (Å²) in [6.45, 7) is 1.25. The number of fused-ring (bicyclic) bond motifs is 2. The third-order valence-corrected chi connectivity index (χ3v) is 4.88. The van der Waals surface area contributed by atoms with Crippen LogP contribution in [-0.4, -0.2) is 28.3 Å². The molecule has 0 radical (unpaired) electrons. The minimum atomic E-state index is 0.256. The number of benzene rings is 1. The molecule has 0 saturated carbocycles. The van der Waals surface area contributed by atoms with Gasteiger partial charge < -0.3 is 19.4 Å². The SMILES string of the molecule is Clc1cc2c(N3CCC[C@@H]3c3ccc4c(c3)OCO4)ncnc2[nH]1. The molecule has 2 aromatic heterocycles. The van der Waals surface area contributed by atoms with E-state index in [1.165, 1.54) is 5.56 Å². The number of anilines is 1. The molecule has 5 rings (SSSR count). The van der Waals surface area contributed by atoms with Crippen LogP contribution in [-0.2, 0) is 0 Å². The lowest BCUT2D eigenvalue weighted by Gasteiger charge is -2.26. The van der Waals surface area contributed by atoms with Gasteiger partial charge in [-0.15, -0.1) is 0 Å². The van der Waals surface area contributed by atoms with E-state index < -0.39 is 0 Å². The number of rotatable bonds is 2. The molecule has 0 spiro atoms. The van der Waals surface area contributed by atoms with Crippen LogP contribution >= 0.6 is 11.6 Å². The van der Waals surface area contributed by atoms with Gasteiger partial charge in [-0.3, -0.25) is 0 Å². The van der Waals surface area contributed by atoms with Crippen molar-refractivity contribution in [3.63, 3.8) is 0 Å². The van der Waals surface area contributed by atoms with Crippen LogP contribution in [0.1, 0.15) is 24.4 Å². The zero-order valence-electron chi connectivity index (χ0n) is 12.8. The number of H-pyrrole nitrogens is 1. The largest absolute Gasteiger partial charge is 0.454 e. The second-order valence-electron chi connectivity index (χ2n) is 6.04. The van der Waals surface area contributed by atoms with E-state index in [1.807, 2.05) is 12.1 Å². The molecule has 2 aliphatic rings. The normalized spacial score (nSPS) is 19.4. The molecule has 0 bridgehead atoms. The highest BCUT2D eigenvalue weighted by atomic mass is 35.5. The van der Waals surface area contributed by atoms with Gasteiger partial charge in [-0.1, -0.05) is 17.7 Å². The monoisotopic (exact) mass is 342 g/mol. The van der Waals surface area contributed by atoms with Crippen molar-refractivity contribution >= 4 is 28.5 Å². The average Bonchev–Trinajstić information content (AvgIpc) is 3.31. The van der Waals surface area contributed by atoms with Crippen molar-refractivity contribution in [1.82, 2.24) is 15.0 Å². The third-order valence-electron chi connectivity index (χ3n) is 4.68. The second-order valence-corrected chi connectivity index (χ2v) is 6.45. The number of aromatic nitrogens is 3. The van der Waals surface area contributed by atoms with Crippen LogP contribution < -0.4 is 14.4 Å². The topological polar surface area (TPSA) is 63.3 Å². The van der Waals surface area contributed by atoms with Crippen molar-refractivity contribution in [3.05, 3.63) is 41.3 Å². The van der Waals surface area contributed by atoms with Crippen molar-refractivity contribution in [2.24, 2.45) is 0 Å².